The summed E-state index contributed by atoms with van der Waals surface area (Å²) in [5.74, 6) is 0.142. The monoisotopic (exact) mass is 413 g/mol. The SMILES string of the molecule is Cc1ccc2c(c1)N(C(CCS(=O)(=O)O)c1ncccn1)c1ccccc1S2. The summed E-state index contributed by atoms with van der Waals surface area (Å²) in [4.78, 5) is 13.0. The Labute approximate surface area is 168 Å². The van der Waals surface area contributed by atoms with Crippen molar-refractivity contribution in [3.05, 3.63) is 72.3 Å². The van der Waals surface area contributed by atoms with Gasteiger partial charge in [-0.25, -0.2) is 9.97 Å². The number of para-hydroxylation sites is 1. The van der Waals surface area contributed by atoms with Crippen LogP contribution in [-0.4, -0.2) is 28.7 Å². The van der Waals surface area contributed by atoms with E-state index in [0.717, 1.165) is 26.7 Å². The van der Waals surface area contributed by atoms with E-state index in [2.05, 4.69) is 33.1 Å². The van der Waals surface area contributed by atoms with Crippen LogP contribution in [0.5, 0.6) is 0 Å². The van der Waals surface area contributed by atoms with Crippen molar-refractivity contribution in [2.24, 2.45) is 0 Å². The molecule has 0 amide bonds. The maximum Gasteiger partial charge on any atom is 0.264 e. The van der Waals surface area contributed by atoms with Crippen molar-refractivity contribution in [3.63, 3.8) is 0 Å². The summed E-state index contributed by atoms with van der Waals surface area (Å²) in [7, 11) is -4.12. The van der Waals surface area contributed by atoms with Crippen molar-refractivity contribution in [2.45, 2.75) is 29.2 Å². The summed E-state index contributed by atoms with van der Waals surface area (Å²) in [5.41, 5.74) is 3.06. The molecule has 3 aromatic rings. The second kappa shape index (κ2) is 7.54. The van der Waals surface area contributed by atoms with Gasteiger partial charge in [0.2, 0.25) is 0 Å². The number of aromatic nitrogens is 2. The number of fused-ring (bicyclic) bond motifs is 2. The Morgan fingerprint density at radius 2 is 1.75 bits per heavy atom. The Hall–Kier alpha value is -2.42. The van der Waals surface area contributed by atoms with Crippen molar-refractivity contribution in [1.29, 1.82) is 0 Å². The number of hydrogen-bond donors (Lipinski definition) is 1. The predicted octanol–water partition coefficient (Wildman–Crippen LogP) is 4.41. The van der Waals surface area contributed by atoms with E-state index in [4.69, 9.17) is 0 Å². The largest absolute Gasteiger partial charge is 0.329 e. The third-order valence-corrected chi connectivity index (χ3v) is 6.45. The van der Waals surface area contributed by atoms with Crippen LogP contribution in [0, 0.1) is 6.92 Å². The molecule has 1 N–H and O–H groups in total. The summed E-state index contributed by atoms with van der Waals surface area (Å²) in [6.45, 7) is 2.02. The predicted molar refractivity (Wildman–Crippen MR) is 110 cm³/mol. The minimum absolute atomic E-state index is 0.162. The number of anilines is 2. The quantitative estimate of drug-likeness (QED) is 0.620. The Kier molecular flexibility index (Phi) is 5.09. The van der Waals surface area contributed by atoms with Crippen molar-refractivity contribution in [1.82, 2.24) is 9.97 Å². The molecule has 2 heterocycles. The minimum atomic E-state index is -4.12. The van der Waals surface area contributed by atoms with Gasteiger partial charge in [0.15, 0.2) is 5.82 Å². The Balaban J connectivity index is 1.88. The standard InChI is InChI=1S/C20H19N3O3S2/c1-14-7-8-19-17(13-14)23(15-5-2-3-6-18(15)27-19)16(9-12-28(24,25)26)20-21-10-4-11-22-20/h2-8,10-11,13,16H,9,12H2,1H3,(H,24,25,26). The Morgan fingerprint density at radius 3 is 2.50 bits per heavy atom. The highest BCUT2D eigenvalue weighted by Gasteiger charge is 2.32. The molecule has 2 aromatic carbocycles. The third-order valence-electron chi connectivity index (χ3n) is 4.56. The molecule has 1 aromatic heterocycles. The van der Waals surface area contributed by atoms with Gasteiger partial charge in [0, 0.05) is 22.2 Å². The number of benzene rings is 2. The van der Waals surface area contributed by atoms with Crippen molar-refractivity contribution in [2.75, 3.05) is 10.7 Å². The molecule has 1 atom stereocenters. The summed E-state index contributed by atoms with van der Waals surface area (Å²) in [6, 6.07) is 15.5. The van der Waals surface area contributed by atoms with Crippen molar-refractivity contribution < 1.29 is 13.0 Å². The normalized spacial score (nSPS) is 14.3. The number of rotatable bonds is 5. The molecule has 6 nitrogen and oxygen atoms in total. The molecule has 0 aliphatic carbocycles. The van der Waals surface area contributed by atoms with Crippen LogP contribution in [0.15, 0.2) is 70.7 Å². The van der Waals surface area contributed by atoms with E-state index < -0.39 is 16.2 Å². The van der Waals surface area contributed by atoms with Gasteiger partial charge in [0.25, 0.3) is 10.1 Å². The summed E-state index contributed by atoms with van der Waals surface area (Å²) < 4.78 is 32.3. The van der Waals surface area contributed by atoms with Gasteiger partial charge in [-0.05, 0) is 49.2 Å². The maximum atomic E-state index is 11.5. The smallest absolute Gasteiger partial charge is 0.264 e. The summed E-state index contributed by atoms with van der Waals surface area (Å²) in [5, 5.41) is 0. The molecule has 1 aliphatic rings. The summed E-state index contributed by atoms with van der Waals surface area (Å²) in [6.07, 6.45) is 3.45. The van der Waals surface area contributed by atoms with E-state index in [-0.39, 0.29) is 12.2 Å². The minimum Gasteiger partial charge on any atom is -0.329 e. The molecule has 144 valence electrons. The lowest BCUT2D eigenvalue weighted by Crippen LogP contribution is -2.29. The molecule has 0 saturated carbocycles. The zero-order valence-electron chi connectivity index (χ0n) is 15.2. The fraction of sp³-hybridized carbons (Fsp3) is 0.200. The van der Waals surface area contributed by atoms with Crippen LogP contribution in [0.3, 0.4) is 0 Å². The average molecular weight is 414 g/mol. The zero-order chi connectivity index (χ0) is 19.7. The number of hydrogen-bond acceptors (Lipinski definition) is 6. The van der Waals surface area contributed by atoms with Gasteiger partial charge < -0.3 is 4.90 Å². The first-order chi connectivity index (χ1) is 13.4. The molecule has 1 unspecified atom stereocenters. The lowest BCUT2D eigenvalue weighted by molar-refractivity contribution is 0.476. The van der Waals surface area contributed by atoms with Gasteiger partial charge in [0.1, 0.15) is 0 Å². The second-order valence-corrected chi connectivity index (χ2v) is 9.26. The maximum absolute atomic E-state index is 11.5. The molecule has 4 rings (SSSR count). The average Bonchev–Trinajstić information content (AvgIpc) is 2.67. The molecular formula is C20H19N3O3S2. The van der Waals surface area contributed by atoms with Crippen LogP contribution in [0.4, 0.5) is 11.4 Å². The van der Waals surface area contributed by atoms with Gasteiger partial charge in [0.05, 0.1) is 23.2 Å². The summed E-state index contributed by atoms with van der Waals surface area (Å²) >= 11 is 1.68. The Bertz CT molecular complexity index is 1100. The highest BCUT2D eigenvalue weighted by molar-refractivity contribution is 7.99. The van der Waals surface area contributed by atoms with E-state index in [1.54, 1.807) is 30.2 Å². The van der Waals surface area contributed by atoms with Crippen molar-refractivity contribution >= 4 is 33.3 Å². The van der Waals surface area contributed by atoms with Crippen LogP contribution >= 0.6 is 11.8 Å². The van der Waals surface area contributed by atoms with Gasteiger partial charge in [-0.1, -0.05) is 30.0 Å². The first-order valence-electron chi connectivity index (χ1n) is 8.81. The molecule has 0 radical (unpaired) electrons. The van der Waals surface area contributed by atoms with Crippen LogP contribution in [0.2, 0.25) is 0 Å². The first kappa shape index (κ1) is 18.9. The van der Waals surface area contributed by atoms with Gasteiger partial charge >= 0.3 is 0 Å². The van der Waals surface area contributed by atoms with E-state index in [1.807, 2.05) is 31.2 Å². The first-order valence-corrected chi connectivity index (χ1v) is 11.2. The second-order valence-electron chi connectivity index (χ2n) is 6.61. The molecule has 0 fully saturated rings. The molecule has 1 aliphatic heterocycles. The zero-order valence-corrected chi connectivity index (χ0v) is 16.8. The van der Waals surface area contributed by atoms with E-state index >= 15 is 0 Å². The number of nitrogens with zero attached hydrogens (tertiary/aromatic N) is 3. The van der Waals surface area contributed by atoms with Crippen LogP contribution in [0.1, 0.15) is 23.9 Å². The molecule has 0 bridgehead atoms. The highest BCUT2D eigenvalue weighted by Crippen LogP contribution is 2.51. The lowest BCUT2D eigenvalue weighted by atomic mass is 10.1. The van der Waals surface area contributed by atoms with Gasteiger partial charge in [-0.3, -0.25) is 4.55 Å². The lowest BCUT2D eigenvalue weighted by Gasteiger charge is -2.38. The fourth-order valence-electron chi connectivity index (χ4n) is 3.35. The van der Waals surface area contributed by atoms with E-state index in [0.29, 0.717) is 5.82 Å². The Morgan fingerprint density at radius 1 is 1.04 bits per heavy atom. The molecule has 28 heavy (non-hydrogen) atoms. The van der Waals surface area contributed by atoms with E-state index in [9.17, 15) is 13.0 Å². The molecular weight excluding hydrogens is 394 g/mol. The highest BCUT2D eigenvalue weighted by atomic mass is 32.2. The number of aryl methyl sites for hydroxylation is 1. The fourth-order valence-corrected chi connectivity index (χ4v) is 4.92. The van der Waals surface area contributed by atoms with Crippen molar-refractivity contribution in [3.8, 4) is 0 Å². The molecule has 0 saturated heterocycles. The van der Waals surface area contributed by atoms with Crippen LogP contribution in [-0.2, 0) is 10.1 Å². The van der Waals surface area contributed by atoms with Crippen LogP contribution < -0.4 is 4.90 Å². The third kappa shape index (κ3) is 3.89. The topological polar surface area (TPSA) is 83.4 Å². The molecule has 0 spiro atoms. The van der Waals surface area contributed by atoms with E-state index in [1.165, 1.54) is 0 Å². The van der Waals surface area contributed by atoms with Crippen LogP contribution in [0.25, 0.3) is 0 Å². The van der Waals surface area contributed by atoms with Gasteiger partial charge in [-0.15, -0.1) is 0 Å². The molecule has 8 heteroatoms. The van der Waals surface area contributed by atoms with Gasteiger partial charge in [-0.2, -0.15) is 8.42 Å².